The third kappa shape index (κ3) is 4.21. The van der Waals surface area contributed by atoms with Crippen molar-refractivity contribution in [2.24, 2.45) is 11.8 Å². The minimum absolute atomic E-state index is 0.149. The molecule has 1 atom stereocenters. The number of carbonyl (C=O) groups is 2. The van der Waals surface area contributed by atoms with E-state index in [1.165, 1.54) is 4.90 Å². The standard InChI is InChI=1S/C20H31N3O2/c1-6-20(17-10-8-7-9-11-17)18(24)23(19(25)21-20)14-22(12-15(2)3)13-16(4)5/h7-11,15-16H,6,12-14H2,1-5H3,(H,21,25). The highest BCUT2D eigenvalue weighted by Gasteiger charge is 2.51. The maximum Gasteiger partial charge on any atom is 0.326 e. The monoisotopic (exact) mass is 345 g/mol. The van der Waals surface area contributed by atoms with Gasteiger partial charge in [0, 0.05) is 13.1 Å². The second kappa shape index (κ2) is 8.00. The van der Waals surface area contributed by atoms with Crippen LogP contribution >= 0.6 is 0 Å². The highest BCUT2D eigenvalue weighted by molar-refractivity contribution is 6.07. The zero-order valence-electron chi connectivity index (χ0n) is 16.1. The number of amides is 3. The Balaban J connectivity index is 2.24. The number of imide groups is 1. The molecule has 1 unspecified atom stereocenters. The van der Waals surface area contributed by atoms with Gasteiger partial charge >= 0.3 is 6.03 Å². The van der Waals surface area contributed by atoms with Gasteiger partial charge in [-0.1, -0.05) is 65.0 Å². The number of rotatable bonds is 8. The minimum atomic E-state index is -0.945. The summed E-state index contributed by atoms with van der Waals surface area (Å²) < 4.78 is 0. The minimum Gasteiger partial charge on any atom is -0.319 e. The summed E-state index contributed by atoms with van der Waals surface area (Å²) in [6.07, 6.45) is 0.534. The molecule has 1 N–H and O–H groups in total. The van der Waals surface area contributed by atoms with Crippen LogP contribution in [0.5, 0.6) is 0 Å². The van der Waals surface area contributed by atoms with Crippen LogP contribution in [0.4, 0.5) is 4.79 Å². The summed E-state index contributed by atoms with van der Waals surface area (Å²) in [6, 6.07) is 9.24. The van der Waals surface area contributed by atoms with Crippen molar-refractivity contribution in [1.29, 1.82) is 0 Å². The Morgan fingerprint density at radius 1 is 1.04 bits per heavy atom. The molecule has 0 aliphatic carbocycles. The number of nitrogens with zero attached hydrogens (tertiary/aromatic N) is 2. The molecule has 1 saturated heterocycles. The SMILES string of the molecule is CCC1(c2ccccc2)NC(=O)N(CN(CC(C)C)CC(C)C)C1=O. The van der Waals surface area contributed by atoms with Gasteiger partial charge in [0.15, 0.2) is 0 Å². The van der Waals surface area contributed by atoms with Crippen LogP contribution < -0.4 is 5.32 Å². The summed E-state index contributed by atoms with van der Waals surface area (Å²) in [6.45, 7) is 12.6. The molecular weight excluding hydrogens is 314 g/mol. The van der Waals surface area contributed by atoms with E-state index in [2.05, 4.69) is 37.9 Å². The van der Waals surface area contributed by atoms with E-state index in [1.54, 1.807) is 0 Å². The maximum atomic E-state index is 13.2. The molecule has 1 aliphatic rings. The van der Waals surface area contributed by atoms with E-state index in [4.69, 9.17) is 0 Å². The van der Waals surface area contributed by atoms with Crippen LogP contribution in [0.3, 0.4) is 0 Å². The Morgan fingerprint density at radius 3 is 2.08 bits per heavy atom. The van der Waals surface area contributed by atoms with Crippen LogP contribution in [0.25, 0.3) is 0 Å². The molecule has 1 aliphatic heterocycles. The quantitative estimate of drug-likeness (QED) is 0.735. The molecule has 138 valence electrons. The zero-order chi connectivity index (χ0) is 18.6. The topological polar surface area (TPSA) is 52.7 Å². The van der Waals surface area contributed by atoms with Crippen molar-refractivity contribution in [2.45, 2.75) is 46.6 Å². The van der Waals surface area contributed by atoms with Crippen LogP contribution in [-0.4, -0.2) is 41.5 Å². The Kier molecular flexibility index (Phi) is 6.22. The highest BCUT2D eigenvalue weighted by Crippen LogP contribution is 2.32. The van der Waals surface area contributed by atoms with Gasteiger partial charge in [-0.25, -0.2) is 9.69 Å². The molecule has 25 heavy (non-hydrogen) atoms. The van der Waals surface area contributed by atoms with Gasteiger partial charge in [-0.2, -0.15) is 0 Å². The first-order valence-corrected chi connectivity index (χ1v) is 9.22. The lowest BCUT2D eigenvalue weighted by molar-refractivity contribution is -0.133. The van der Waals surface area contributed by atoms with Crippen molar-refractivity contribution in [2.75, 3.05) is 19.8 Å². The molecular formula is C20H31N3O2. The molecule has 0 aromatic heterocycles. The number of urea groups is 1. The molecule has 0 bridgehead atoms. The van der Waals surface area contributed by atoms with Crippen LogP contribution in [0.1, 0.15) is 46.6 Å². The third-order valence-electron chi connectivity index (χ3n) is 4.56. The summed E-state index contributed by atoms with van der Waals surface area (Å²) in [5.74, 6) is 0.804. The van der Waals surface area contributed by atoms with Gasteiger partial charge in [0.1, 0.15) is 5.54 Å². The molecule has 1 fully saturated rings. The Hall–Kier alpha value is -1.88. The first-order valence-electron chi connectivity index (χ1n) is 9.22. The van der Waals surface area contributed by atoms with Crippen molar-refractivity contribution in [3.8, 4) is 0 Å². The molecule has 0 spiro atoms. The fourth-order valence-electron chi connectivity index (χ4n) is 3.54. The van der Waals surface area contributed by atoms with Gasteiger partial charge in [-0.15, -0.1) is 0 Å². The Labute approximate surface area is 151 Å². The summed E-state index contributed by atoms with van der Waals surface area (Å²) in [7, 11) is 0. The number of hydrogen-bond donors (Lipinski definition) is 1. The van der Waals surface area contributed by atoms with Gasteiger partial charge < -0.3 is 5.32 Å². The molecule has 5 nitrogen and oxygen atoms in total. The predicted molar refractivity (Wildman–Crippen MR) is 99.9 cm³/mol. The van der Waals surface area contributed by atoms with Crippen molar-refractivity contribution in [3.05, 3.63) is 35.9 Å². The summed E-state index contributed by atoms with van der Waals surface area (Å²) in [5.41, 5.74) is -0.0997. The van der Waals surface area contributed by atoms with Crippen molar-refractivity contribution < 1.29 is 9.59 Å². The first-order chi connectivity index (χ1) is 11.8. The van der Waals surface area contributed by atoms with Crippen LogP contribution in [0.15, 0.2) is 30.3 Å². The number of hydrogen-bond acceptors (Lipinski definition) is 3. The van der Waals surface area contributed by atoms with E-state index < -0.39 is 5.54 Å². The molecule has 3 amide bonds. The predicted octanol–water partition coefficient (Wildman–Crippen LogP) is 3.42. The van der Waals surface area contributed by atoms with Crippen molar-refractivity contribution in [3.63, 3.8) is 0 Å². The average Bonchev–Trinajstić information content (AvgIpc) is 2.79. The van der Waals surface area contributed by atoms with E-state index in [9.17, 15) is 9.59 Å². The van der Waals surface area contributed by atoms with Gasteiger partial charge in [-0.3, -0.25) is 9.69 Å². The summed E-state index contributed by atoms with van der Waals surface area (Å²) in [5, 5.41) is 2.96. The van der Waals surface area contributed by atoms with Gasteiger partial charge in [-0.05, 0) is 23.8 Å². The molecule has 0 radical (unpaired) electrons. The van der Waals surface area contributed by atoms with Crippen LogP contribution in [-0.2, 0) is 10.3 Å². The summed E-state index contributed by atoms with van der Waals surface area (Å²) >= 11 is 0. The highest BCUT2D eigenvalue weighted by atomic mass is 16.2. The Bertz CT molecular complexity index is 590. The van der Waals surface area contributed by atoms with Crippen LogP contribution in [0, 0.1) is 11.8 Å². The molecule has 1 aromatic carbocycles. The van der Waals surface area contributed by atoms with E-state index >= 15 is 0 Å². The second-order valence-electron chi connectivity index (χ2n) is 7.75. The van der Waals surface area contributed by atoms with E-state index in [0.29, 0.717) is 24.9 Å². The van der Waals surface area contributed by atoms with E-state index in [1.807, 2.05) is 37.3 Å². The third-order valence-corrected chi connectivity index (χ3v) is 4.56. The van der Waals surface area contributed by atoms with Crippen molar-refractivity contribution >= 4 is 11.9 Å². The maximum absolute atomic E-state index is 13.2. The fourth-order valence-corrected chi connectivity index (χ4v) is 3.54. The van der Waals surface area contributed by atoms with E-state index in [0.717, 1.165) is 18.7 Å². The lowest BCUT2D eigenvalue weighted by Gasteiger charge is -2.30. The normalized spacial score (nSPS) is 20.9. The second-order valence-corrected chi connectivity index (χ2v) is 7.75. The molecule has 5 heteroatoms. The Morgan fingerprint density at radius 2 is 1.60 bits per heavy atom. The average molecular weight is 345 g/mol. The zero-order valence-corrected chi connectivity index (χ0v) is 16.1. The molecule has 1 aromatic rings. The van der Waals surface area contributed by atoms with Gasteiger partial charge in [0.2, 0.25) is 0 Å². The molecule has 2 rings (SSSR count). The van der Waals surface area contributed by atoms with E-state index in [-0.39, 0.29) is 11.9 Å². The fraction of sp³-hybridized carbons (Fsp3) is 0.600. The lowest BCUT2D eigenvalue weighted by atomic mass is 9.87. The number of carbonyl (C=O) groups excluding carboxylic acids is 2. The summed E-state index contributed by atoms with van der Waals surface area (Å²) in [4.78, 5) is 29.4. The van der Waals surface area contributed by atoms with Gasteiger partial charge in [0.05, 0.1) is 6.67 Å². The number of nitrogens with one attached hydrogen (secondary N) is 1. The first kappa shape index (κ1) is 19.4. The lowest BCUT2D eigenvalue weighted by Crippen LogP contribution is -2.46. The van der Waals surface area contributed by atoms with Crippen LogP contribution in [0.2, 0.25) is 0 Å². The van der Waals surface area contributed by atoms with Crippen molar-refractivity contribution in [1.82, 2.24) is 15.1 Å². The van der Waals surface area contributed by atoms with Gasteiger partial charge in [0.25, 0.3) is 5.91 Å². The molecule has 1 heterocycles. The molecule has 0 saturated carbocycles. The smallest absolute Gasteiger partial charge is 0.319 e. The number of benzene rings is 1. The largest absolute Gasteiger partial charge is 0.326 e.